The van der Waals surface area contributed by atoms with E-state index in [0.29, 0.717) is 5.75 Å². The molecule has 1 N–H and O–H groups in total. The molecule has 2 rings (SSSR count). The number of hydrogen-bond acceptors (Lipinski definition) is 6. The highest BCUT2D eigenvalue weighted by molar-refractivity contribution is 7.90. The van der Waals surface area contributed by atoms with Gasteiger partial charge in [-0.15, -0.1) is 0 Å². The van der Waals surface area contributed by atoms with Gasteiger partial charge in [0.15, 0.2) is 5.69 Å². The van der Waals surface area contributed by atoms with Gasteiger partial charge in [0.2, 0.25) is 15.0 Å². The van der Waals surface area contributed by atoms with E-state index in [9.17, 15) is 13.2 Å². The average molecular weight is 356 g/mol. The van der Waals surface area contributed by atoms with Crippen LogP contribution in [-0.4, -0.2) is 37.7 Å². The SMILES string of the molecule is COc1ccc(CNC(=O)c2nc(S(C)(=O)=O)ncc2Cl)cc1. The van der Waals surface area contributed by atoms with Gasteiger partial charge in [-0.25, -0.2) is 18.4 Å². The summed E-state index contributed by atoms with van der Waals surface area (Å²) >= 11 is 5.87. The first-order valence-corrected chi connectivity index (χ1v) is 8.72. The number of hydrogen-bond donors (Lipinski definition) is 1. The summed E-state index contributed by atoms with van der Waals surface area (Å²) in [6, 6.07) is 7.12. The van der Waals surface area contributed by atoms with Crippen LogP contribution in [0.2, 0.25) is 5.02 Å². The molecular formula is C14H14ClN3O4S. The summed E-state index contributed by atoms with van der Waals surface area (Å²) in [5.41, 5.74) is 0.656. The Balaban J connectivity index is 2.14. The van der Waals surface area contributed by atoms with Crippen molar-refractivity contribution >= 4 is 27.3 Å². The lowest BCUT2D eigenvalue weighted by molar-refractivity contribution is 0.0945. The number of methoxy groups -OCH3 is 1. The molecule has 0 aliphatic carbocycles. The molecule has 0 saturated heterocycles. The Morgan fingerprint density at radius 2 is 1.96 bits per heavy atom. The molecule has 1 aromatic heterocycles. The average Bonchev–Trinajstić information content (AvgIpc) is 2.52. The van der Waals surface area contributed by atoms with Crippen LogP contribution in [0.4, 0.5) is 0 Å². The van der Waals surface area contributed by atoms with E-state index < -0.39 is 20.9 Å². The normalized spacial score (nSPS) is 11.1. The van der Waals surface area contributed by atoms with E-state index >= 15 is 0 Å². The minimum atomic E-state index is -3.63. The zero-order chi connectivity index (χ0) is 17.0. The molecule has 2 aromatic rings. The maximum atomic E-state index is 12.1. The summed E-state index contributed by atoms with van der Waals surface area (Å²) in [6.07, 6.45) is 2.04. The molecule has 0 atom stereocenters. The summed E-state index contributed by atoms with van der Waals surface area (Å²) in [5.74, 6) is 0.120. The van der Waals surface area contributed by atoms with Crippen molar-refractivity contribution < 1.29 is 17.9 Å². The summed E-state index contributed by atoms with van der Waals surface area (Å²) in [5, 5.41) is 2.15. The van der Waals surface area contributed by atoms with Gasteiger partial charge in [-0.2, -0.15) is 0 Å². The third-order valence-electron chi connectivity index (χ3n) is 2.88. The van der Waals surface area contributed by atoms with Crippen LogP contribution in [0.1, 0.15) is 16.1 Å². The first-order chi connectivity index (χ1) is 10.8. The molecule has 122 valence electrons. The van der Waals surface area contributed by atoms with Gasteiger partial charge in [-0.3, -0.25) is 4.79 Å². The predicted octanol–water partition coefficient (Wildman–Crippen LogP) is 1.47. The van der Waals surface area contributed by atoms with Crippen LogP contribution in [0.25, 0.3) is 0 Å². The molecule has 0 unspecified atom stereocenters. The van der Waals surface area contributed by atoms with Crippen LogP contribution < -0.4 is 10.1 Å². The van der Waals surface area contributed by atoms with Crippen molar-refractivity contribution in [2.24, 2.45) is 0 Å². The third-order valence-corrected chi connectivity index (χ3v) is 4.02. The lowest BCUT2D eigenvalue weighted by Crippen LogP contribution is -2.25. The van der Waals surface area contributed by atoms with E-state index in [2.05, 4.69) is 15.3 Å². The maximum Gasteiger partial charge on any atom is 0.271 e. The number of amides is 1. The molecule has 1 amide bonds. The minimum absolute atomic E-state index is 0.0235. The highest BCUT2D eigenvalue weighted by atomic mass is 35.5. The largest absolute Gasteiger partial charge is 0.497 e. The predicted molar refractivity (Wildman–Crippen MR) is 84.3 cm³/mol. The molecule has 0 aliphatic rings. The molecule has 1 aromatic carbocycles. The standard InChI is InChI=1S/C14H14ClN3O4S/c1-22-10-5-3-9(4-6-10)7-16-13(19)12-11(15)8-17-14(18-12)23(2,20)21/h3-6,8H,7H2,1-2H3,(H,16,19). The monoisotopic (exact) mass is 355 g/mol. The van der Waals surface area contributed by atoms with Gasteiger partial charge in [0.05, 0.1) is 18.3 Å². The zero-order valence-corrected chi connectivity index (χ0v) is 14.0. The van der Waals surface area contributed by atoms with E-state index in [0.717, 1.165) is 18.0 Å². The van der Waals surface area contributed by atoms with Gasteiger partial charge < -0.3 is 10.1 Å². The van der Waals surface area contributed by atoms with E-state index in [1.165, 1.54) is 0 Å². The van der Waals surface area contributed by atoms with Crippen molar-refractivity contribution in [3.05, 3.63) is 46.7 Å². The topological polar surface area (TPSA) is 98.2 Å². The van der Waals surface area contributed by atoms with E-state index in [1.54, 1.807) is 31.4 Å². The molecule has 0 radical (unpaired) electrons. The molecule has 0 aliphatic heterocycles. The maximum absolute atomic E-state index is 12.1. The van der Waals surface area contributed by atoms with E-state index in [4.69, 9.17) is 16.3 Å². The number of carbonyl (C=O) groups is 1. The van der Waals surface area contributed by atoms with Crippen molar-refractivity contribution in [3.63, 3.8) is 0 Å². The fourth-order valence-electron chi connectivity index (χ4n) is 1.70. The molecule has 1 heterocycles. The molecular weight excluding hydrogens is 342 g/mol. The number of rotatable bonds is 5. The second-order valence-electron chi connectivity index (χ2n) is 4.65. The number of halogens is 1. The molecule has 0 fully saturated rings. The summed E-state index contributed by atoms with van der Waals surface area (Å²) in [6.45, 7) is 0.233. The number of aromatic nitrogens is 2. The molecule has 0 bridgehead atoms. The smallest absolute Gasteiger partial charge is 0.271 e. The van der Waals surface area contributed by atoms with Crippen LogP contribution in [0.5, 0.6) is 5.75 Å². The molecule has 7 nitrogen and oxygen atoms in total. The summed E-state index contributed by atoms with van der Waals surface area (Å²) in [7, 11) is -2.06. The first kappa shape index (κ1) is 17.2. The van der Waals surface area contributed by atoms with Gasteiger partial charge in [-0.05, 0) is 17.7 Å². The number of nitrogens with one attached hydrogen (secondary N) is 1. The number of carbonyl (C=O) groups excluding carboxylic acids is 1. The Hall–Kier alpha value is -2.19. The van der Waals surface area contributed by atoms with Crippen molar-refractivity contribution in [2.45, 2.75) is 11.7 Å². The van der Waals surface area contributed by atoms with Crippen molar-refractivity contribution in [2.75, 3.05) is 13.4 Å². The van der Waals surface area contributed by atoms with Crippen LogP contribution >= 0.6 is 11.6 Å². The second-order valence-corrected chi connectivity index (χ2v) is 6.97. The quantitative estimate of drug-likeness (QED) is 0.815. The van der Waals surface area contributed by atoms with Gasteiger partial charge in [0.25, 0.3) is 5.91 Å². The van der Waals surface area contributed by atoms with Crippen LogP contribution in [0.3, 0.4) is 0 Å². The van der Waals surface area contributed by atoms with Gasteiger partial charge >= 0.3 is 0 Å². The molecule has 23 heavy (non-hydrogen) atoms. The van der Waals surface area contributed by atoms with Crippen LogP contribution in [0, 0.1) is 0 Å². The fraction of sp³-hybridized carbons (Fsp3) is 0.214. The van der Waals surface area contributed by atoms with Crippen molar-refractivity contribution in [1.29, 1.82) is 0 Å². The Labute approximate surface area is 138 Å². The van der Waals surface area contributed by atoms with Crippen molar-refractivity contribution in [3.8, 4) is 5.75 Å². The number of sulfone groups is 1. The Bertz CT molecular complexity index is 822. The molecule has 0 saturated carbocycles. The summed E-state index contributed by atoms with van der Waals surface area (Å²) < 4.78 is 27.9. The Morgan fingerprint density at radius 1 is 1.30 bits per heavy atom. The third kappa shape index (κ3) is 4.40. The lowest BCUT2D eigenvalue weighted by Gasteiger charge is -2.07. The van der Waals surface area contributed by atoms with Crippen LogP contribution in [-0.2, 0) is 16.4 Å². The van der Waals surface area contributed by atoms with Gasteiger partial charge in [-0.1, -0.05) is 23.7 Å². The molecule has 9 heteroatoms. The fourth-order valence-corrected chi connectivity index (χ4v) is 2.38. The van der Waals surface area contributed by atoms with Gasteiger partial charge in [0.1, 0.15) is 5.75 Å². The second kappa shape index (κ2) is 6.93. The lowest BCUT2D eigenvalue weighted by atomic mass is 10.2. The first-order valence-electron chi connectivity index (χ1n) is 6.45. The van der Waals surface area contributed by atoms with E-state index in [-0.39, 0.29) is 17.3 Å². The van der Waals surface area contributed by atoms with Crippen molar-refractivity contribution in [1.82, 2.24) is 15.3 Å². The number of benzene rings is 1. The van der Waals surface area contributed by atoms with Crippen LogP contribution in [0.15, 0.2) is 35.6 Å². The summed E-state index contributed by atoms with van der Waals surface area (Å²) in [4.78, 5) is 19.5. The highest BCUT2D eigenvalue weighted by Gasteiger charge is 2.18. The number of ether oxygens (including phenoxy) is 1. The Morgan fingerprint density at radius 3 is 2.52 bits per heavy atom. The van der Waals surface area contributed by atoms with Gasteiger partial charge in [0, 0.05) is 12.8 Å². The Kier molecular flexibility index (Phi) is 5.17. The van der Waals surface area contributed by atoms with E-state index in [1.807, 2.05) is 0 Å². The highest BCUT2D eigenvalue weighted by Crippen LogP contribution is 2.15. The molecule has 0 spiro atoms. The zero-order valence-electron chi connectivity index (χ0n) is 12.4. The number of nitrogens with zero attached hydrogens (tertiary/aromatic N) is 2. The minimum Gasteiger partial charge on any atom is -0.497 e.